The van der Waals surface area contributed by atoms with Gasteiger partial charge in [-0.2, -0.15) is 0 Å². The van der Waals surface area contributed by atoms with Crippen molar-refractivity contribution in [2.75, 3.05) is 6.54 Å². The van der Waals surface area contributed by atoms with Gasteiger partial charge >= 0.3 is 0 Å². The predicted molar refractivity (Wildman–Crippen MR) is 64.5 cm³/mol. The van der Waals surface area contributed by atoms with Gasteiger partial charge in [-0.15, -0.1) is 0 Å². The SMILES string of the molecule is CCC(C)(NCC(C)CC(C)C)C(N)=O. The molecule has 90 valence electrons. The number of hydrogen-bond donors (Lipinski definition) is 2. The van der Waals surface area contributed by atoms with Crippen molar-refractivity contribution in [2.24, 2.45) is 17.6 Å². The molecule has 3 N–H and O–H groups in total. The van der Waals surface area contributed by atoms with E-state index < -0.39 is 5.54 Å². The molecule has 0 aliphatic heterocycles. The van der Waals surface area contributed by atoms with E-state index in [1.807, 2.05) is 13.8 Å². The van der Waals surface area contributed by atoms with E-state index in [9.17, 15) is 4.79 Å². The smallest absolute Gasteiger partial charge is 0.237 e. The summed E-state index contributed by atoms with van der Waals surface area (Å²) in [6.45, 7) is 11.3. The minimum atomic E-state index is -0.550. The summed E-state index contributed by atoms with van der Waals surface area (Å²) in [5.41, 5.74) is 4.82. The number of carbonyl (C=O) groups excluding carboxylic acids is 1. The van der Waals surface area contributed by atoms with E-state index in [4.69, 9.17) is 5.73 Å². The molecule has 0 heterocycles. The molecule has 1 amide bonds. The lowest BCUT2D eigenvalue weighted by Gasteiger charge is -2.28. The molecule has 0 aromatic carbocycles. The third kappa shape index (κ3) is 5.17. The number of amides is 1. The van der Waals surface area contributed by atoms with Crippen LogP contribution in [-0.4, -0.2) is 18.0 Å². The highest BCUT2D eigenvalue weighted by atomic mass is 16.1. The van der Waals surface area contributed by atoms with Gasteiger partial charge in [0.2, 0.25) is 5.91 Å². The molecule has 0 aliphatic rings. The summed E-state index contributed by atoms with van der Waals surface area (Å²) in [4.78, 5) is 11.2. The van der Waals surface area contributed by atoms with Crippen LogP contribution in [0.4, 0.5) is 0 Å². The number of hydrogen-bond acceptors (Lipinski definition) is 2. The van der Waals surface area contributed by atoms with Crippen LogP contribution in [0.2, 0.25) is 0 Å². The number of primary amides is 1. The molecule has 3 heteroatoms. The Labute approximate surface area is 93.8 Å². The Bertz CT molecular complexity index is 204. The van der Waals surface area contributed by atoms with Gasteiger partial charge in [-0.3, -0.25) is 4.79 Å². The monoisotopic (exact) mass is 214 g/mol. The summed E-state index contributed by atoms with van der Waals surface area (Å²) in [6.07, 6.45) is 1.91. The average molecular weight is 214 g/mol. The molecule has 0 saturated heterocycles. The molecule has 0 saturated carbocycles. The van der Waals surface area contributed by atoms with Crippen LogP contribution in [0.5, 0.6) is 0 Å². The maximum atomic E-state index is 11.2. The van der Waals surface area contributed by atoms with E-state index in [-0.39, 0.29) is 5.91 Å². The van der Waals surface area contributed by atoms with E-state index in [0.29, 0.717) is 11.8 Å². The molecule has 2 unspecified atom stereocenters. The van der Waals surface area contributed by atoms with E-state index in [2.05, 4.69) is 26.1 Å². The summed E-state index contributed by atoms with van der Waals surface area (Å²) in [5, 5.41) is 3.28. The lowest BCUT2D eigenvalue weighted by molar-refractivity contribution is -0.124. The van der Waals surface area contributed by atoms with Crippen LogP contribution in [0.25, 0.3) is 0 Å². The Morgan fingerprint density at radius 3 is 2.27 bits per heavy atom. The Morgan fingerprint density at radius 2 is 1.93 bits per heavy atom. The fourth-order valence-electron chi connectivity index (χ4n) is 1.67. The van der Waals surface area contributed by atoms with E-state index in [0.717, 1.165) is 13.0 Å². The highest BCUT2D eigenvalue weighted by molar-refractivity contribution is 5.84. The number of nitrogens with two attached hydrogens (primary N) is 1. The first-order chi connectivity index (χ1) is 6.81. The zero-order valence-corrected chi connectivity index (χ0v) is 10.8. The van der Waals surface area contributed by atoms with E-state index >= 15 is 0 Å². The molecule has 0 aromatic rings. The van der Waals surface area contributed by atoms with Gasteiger partial charge in [0.05, 0.1) is 5.54 Å². The Balaban J connectivity index is 4.06. The fraction of sp³-hybridized carbons (Fsp3) is 0.917. The fourth-order valence-corrected chi connectivity index (χ4v) is 1.67. The first kappa shape index (κ1) is 14.4. The highest BCUT2D eigenvalue weighted by Gasteiger charge is 2.28. The van der Waals surface area contributed by atoms with Gasteiger partial charge in [-0.05, 0) is 38.1 Å². The van der Waals surface area contributed by atoms with Crippen molar-refractivity contribution in [3.8, 4) is 0 Å². The molecule has 0 radical (unpaired) electrons. The Hall–Kier alpha value is -0.570. The van der Waals surface area contributed by atoms with Gasteiger partial charge in [-0.1, -0.05) is 27.7 Å². The molecular weight excluding hydrogens is 188 g/mol. The second-order valence-electron chi connectivity index (χ2n) is 5.17. The zero-order valence-electron chi connectivity index (χ0n) is 10.8. The van der Waals surface area contributed by atoms with E-state index in [1.165, 1.54) is 6.42 Å². The summed E-state index contributed by atoms with van der Waals surface area (Å²) < 4.78 is 0. The van der Waals surface area contributed by atoms with Gasteiger partial charge < -0.3 is 11.1 Å². The largest absolute Gasteiger partial charge is 0.368 e. The summed E-state index contributed by atoms with van der Waals surface area (Å²) in [5.74, 6) is 1.01. The molecule has 2 atom stereocenters. The quantitative estimate of drug-likeness (QED) is 0.680. The highest BCUT2D eigenvalue weighted by Crippen LogP contribution is 2.13. The number of nitrogens with one attached hydrogen (secondary N) is 1. The first-order valence-electron chi connectivity index (χ1n) is 5.86. The lowest BCUT2D eigenvalue weighted by atomic mass is 9.94. The summed E-state index contributed by atoms with van der Waals surface area (Å²) in [6, 6.07) is 0. The molecule has 0 fully saturated rings. The normalized spacial score (nSPS) is 17.5. The molecule has 0 rings (SSSR count). The Kier molecular flexibility index (Phi) is 5.88. The molecule has 3 nitrogen and oxygen atoms in total. The van der Waals surface area contributed by atoms with Crippen LogP contribution in [0.3, 0.4) is 0 Å². The molecule has 0 bridgehead atoms. The summed E-state index contributed by atoms with van der Waals surface area (Å²) >= 11 is 0. The van der Waals surface area contributed by atoms with Crippen molar-refractivity contribution in [2.45, 2.75) is 53.0 Å². The molecule has 0 aliphatic carbocycles. The van der Waals surface area contributed by atoms with Gasteiger partial charge in [0.1, 0.15) is 0 Å². The minimum absolute atomic E-state index is 0.262. The van der Waals surface area contributed by atoms with Crippen molar-refractivity contribution < 1.29 is 4.79 Å². The van der Waals surface area contributed by atoms with Gasteiger partial charge in [0.15, 0.2) is 0 Å². The van der Waals surface area contributed by atoms with Crippen molar-refractivity contribution in [3.05, 3.63) is 0 Å². The number of rotatable bonds is 7. The van der Waals surface area contributed by atoms with Crippen LogP contribution in [0.1, 0.15) is 47.5 Å². The number of carbonyl (C=O) groups is 1. The molecule has 0 spiro atoms. The minimum Gasteiger partial charge on any atom is -0.368 e. The van der Waals surface area contributed by atoms with Gasteiger partial charge in [0.25, 0.3) is 0 Å². The lowest BCUT2D eigenvalue weighted by Crippen LogP contribution is -2.53. The molecular formula is C12H26N2O. The second kappa shape index (κ2) is 6.11. The zero-order chi connectivity index (χ0) is 12.1. The van der Waals surface area contributed by atoms with Crippen molar-refractivity contribution in [1.82, 2.24) is 5.32 Å². The predicted octanol–water partition coefficient (Wildman–Crippen LogP) is 1.91. The maximum Gasteiger partial charge on any atom is 0.237 e. The first-order valence-corrected chi connectivity index (χ1v) is 5.86. The second-order valence-corrected chi connectivity index (χ2v) is 5.17. The van der Waals surface area contributed by atoms with Crippen molar-refractivity contribution in [1.29, 1.82) is 0 Å². The third-order valence-corrected chi connectivity index (χ3v) is 2.97. The van der Waals surface area contributed by atoms with Gasteiger partial charge in [0, 0.05) is 0 Å². The van der Waals surface area contributed by atoms with Crippen LogP contribution in [0, 0.1) is 11.8 Å². The van der Waals surface area contributed by atoms with Gasteiger partial charge in [-0.25, -0.2) is 0 Å². The average Bonchev–Trinajstić information content (AvgIpc) is 2.12. The standard InChI is InChI=1S/C12H26N2O/c1-6-12(5,11(13)15)14-8-10(4)7-9(2)3/h9-10,14H,6-8H2,1-5H3,(H2,13,15). The van der Waals surface area contributed by atoms with Crippen LogP contribution < -0.4 is 11.1 Å². The topological polar surface area (TPSA) is 55.1 Å². The van der Waals surface area contributed by atoms with Crippen molar-refractivity contribution in [3.63, 3.8) is 0 Å². The molecule has 15 heavy (non-hydrogen) atoms. The van der Waals surface area contributed by atoms with Crippen LogP contribution in [0.15, 0.2) is 0 Å². The van der Waals surface area contributed by atoms with E-state index in [1.54, 1.807) is 0 Å². The van der Waals surface area contributed by atoms with Crippen molar-refractivity contribution >= 4 is 5.91 Å². The van der Waals surface area contributed by atoms with Crippen LogP contribution in [-0.2, 0) is 4.79 Å². The van der Waals surface area contributed by atoms with Crippen LogP contribution >= 0.6 is 0 Å². The molecule has 0 aromatic heterocycles. The summed E-state index contributed by atoms with van der Waals surface area (Å²) in [7, 11) is 0. The third-order valence-electron chi connectivity index (χ3n) is 2.97. The Morgan fingerprint density at radius 1 is 1.40 bits per heavy atom. The maximum absolute atomic E-state index is 11.2.